The highest BCUT2D eigenvalue weighted by atomic mass is 32.1. The Bertz CT molecular complexity index is 938. The molecule has 0 aliphatic heterocycles. The fraction of sp³-hybridized carbons (Fsp3) is 0.182. The van der Waals surface area contributed by atoms with Crippen LogP contribution < -0.4 is 15.4 Å². The van der Waals surface area contributed by atoms with Gasteiger partial charge >= 0.3 is 0 Å². The van der Waals surface area contributed by atoms with E-state index in [0.717, 1.165) is 12.3 Å². The molecular weight excluding hydrogens is 386 g/mol. The SMILES string of the molecule is COc1ccc(NC(=O)c2ccc(NC(=O)CN(C)Cc3cccs3)cc2)cc1. The lowest BCUT2D eigenvalue weighted by molar-refractivity contribution is -0.117. The third kappa shape index (κ3) is 6.17. The minimum absolute atomic E-state index is 0.0977. The molecule has 0 atom stereocenters. The Morgan fingerprint density at radius 3 is 2.24 bits per heavy atom. The largest absolute Gasteiger partial charge is 0.497 e. The van der Waals surface area contributed by atoms with Gasteiger partial charge in [0, 0.05) is 28.4 Å². The van der Waals surface area contributed by atoms with Crippen LogP contribution in [0.15, 0.2) is 66.0 Å². The third-order valence-electron chi connectivity index (χ3n) is 4.20. The van der Waals surface area contributed by atoms with Crippen molar-refractivity contribution in [1.82, 2.24) is 4.90 Å². The van der Waals surface area contributed by atoms with Crippen LogP contribution in [0.5, 0.6) is 5.75 Å². The quantitative estimate of drug-likeness (QED) is 0.588. The van der Waals surface area contributed by atoms with Crippen LogP contribution >= 0.6 is 11.3 Å². The zero-order chi connectivity index (χ0) is 20.6. The standard InChI is InChI=1S/C22H23N3O3S/c1-25(14-20-4-3-13-29-20)15-21(26)23-17-7-5-16(6-8-17)22(27)24-18-9-11-19(28-2)12-10-18/h3-13H,14-15H2,1-2H3,(H,23,26)(H,24,27). The van der Waals surface area contributed by atoms with Gasteiger partial charge in [0.2, 0.25) is 5.91 Å². The molecule has 2 N–H and O–H groups in total. The number of carbonyl (C=O) groups is 2. The molecule has 3 rings (SSSR count). The van der Waals surface area contributed by atoms with Crippen LogP contribution in [0.2, 0.25) is 0 Å². The summed E-state index contributed by atoms with van der Waals surface area (Å²) < 4.78 is 5.10. The molecule has 0 aliphatic rings. The van der Waals surface area contributed by atoms with Crippen LogP contribution in [0, 0.1) is 0 Å². The molecule has 3 aromatic rings. The molecule has 29 heavy (non-hydrogen) atoms. The average molecular weight is 410 g/mol. The van der Waals surface area contributed by atoms with Crippen molar-refractivity contribution in [1.29, 1.82) is 0 Å². The molecule has 0 spiro atoms. The van der Waals surface area contributed by atoms with E-state index in [1.165, 1.54) is 4.88 Å². The summed E-state index contributed by atoms with van der Waals surface area (Å²) in [5, 5.41) is 7.71. The summed E-state index contributed by atoms with van der Waals surface area (Å²) in [5.74, 6) is 0.410. The highest BCUT2D eigenvalue weighted by Crippen LogP contribution is 2.17. The van der Waals surface area contributed by atoms with Crippen molar-refractivity contribution in [3.8, 4) is 5.75 Å². The molecule has 150 valence electrons. The Morgan fingerprint density at radius 1 is 0.966 bits per heavy atom. The molecule has 0 saturated heterocycles. The molecule has 0 aliphatic carbocycles. The first-order valence-corrected chi connectivity index (χ1v) is 9.97. The summed E-state index contributed by atoms with van der Waals surface area (Å²) in [6, 6.07) is 18.0. The fourth-order valence-corrected chi connectivity index (χ4v) is 3.54. The number of methoxy groups -OCH3 is 1. The number of nitrogens with zero attached hydrogens (tertiary/aromatic N) is 1. The summed E-state index contributed by atoms with van der Waals surface area (Å²) in [6.45, 7) is 1.02. The second-order valence-corrected chi connectivity index (χ2v) is 7.59. The third-order valence-corrected chi connectivity index (χ3v) is 5.06. The zero-order valence-corrected chi connectivity index (χ0v) is 17.2. The van der Waals surface area contributed by atoms with Crippen LogP contribution in [0.25, 0.3) is 0 Å². The molecule has 0 bridgehead atoms. The molecular formula is C22H23N3O3S. The van der Waals surface area contributed by atoms with Gasteiger partial charge in [-0.1, -0.05) is 6.07 Å². The number of amides is 2. The number of rotatable bonds is 8. The van der Waals surface area contributed by atoms with Crippen LogP contribution in [-0.2, 0) is 11.3 Å². The smallest absolute Gasteiger partial charge is 0.255 e. The van der Waals surface area contributed by atoms with Gasteiger partial charge in [-0.3, -0.25) is 14.5 Å². The van der Waals surface area contributed by atoms with Crippen LogP contribution in [-0.4, -0.2) is 37.4 Å². The topological polar surface area (TPSA) is 70.7 Å². The van der Waals surface area contributed by atoms with E-state index in [-0.39, 0.29) is 18.4 Å². The lowest BCUT2D eigenvalue weighted by atomic mass is 10.2. The average Bonchev–Trinajstić information content (AvgIpc) is 3.21. The molecule has 0 radical (unpaired) electrons. The van der Waals surface area contributed by atoms with Gasteiger partial charge in [-0.05, 0) is 67.0 Å². The number of likely N-dealkylation sites (N-methyl/N-ethyl adjacent to an activating group) is 1. The fourth-order valence-electron chi connectivity index (χ4n) is 2.75. The highest BCUT2D eigenvalue weighted by Gasteiger charge is 2.10. The predicted octanol–water partition coefficient (Wildman–Crippen LogP) is 4.08. The van der Waals surface area contributed by atoms with Gasteiger partial charge < -0.3 is 15.4 Å². The number of nitrogens with one attached hydrogen (secondary N) is 2. The van der Waals surface area contributed by atoms with Crippen LogP contribution in [0.3, 0.4) is 0 Å². The first-order valence-electron chi connectivity index (χ1n) is 9.10. The second-order valence-electron chi connectivity index (χ2n) is 6.56. The van der Waals surface area contributed by atoms with Gasteiger partial charge in [0.05, 0.1) is 13.7 Å². The maximum absolute atomic E-state index is 12.4. The minimum Gasteiger partial charge on any atom is -0.497 e. The summed E-state index contributed by atoms with van der Waals surface area (Å²) >= 11 is 1.67. The Labute approximate surface area is 174 Å². The van der Waals surface area contributed by atoms with E-state index < -0.39 is 0 Å². The summed E-state index contributed by atoms with van der Waals surface area (Å²) in [5.41, 5.74) is 1.84. The van der Waals surface area contributed by atoms with E-state index in [2.05, 4.69) is 16.7 Å². The van der Waals surface area contributed by atoms with E-state index in [1.54, 1.807) is 67.0 Å². The number of ether oxygens (including phenoxy) is 1. The Hall–Kier alpha value is -3.16. The van der Waals surface area contributed by atoms with Crippen molar-refractivity contribution >= 4 is 34.5 Å². The lowest BCUT2D eigenvalue weighted by Crippen LogP contribution is -2.29. The number of carbonyl (C=O) groups excluding carboxylic acids is 2. The number of hydrogen-bond acceptors (Lipinski definition) is 5. The lowest BCUT2D eigenvalue weighted by Gasteiger charge is -2.15. The molecule has 7 heteroatoms. The Balaban J connectivity index is 1.50. The van der Waals surface area contributed by atoms with Gasteiger partial charge in [0.1, 0.15) is 5.75 Å². The predicted molar refractivity (Wildman–Crippen MR) is 117 cm³/mol. The maximum Gasteiger partial charge on any atom is 0.255 e. The molecule has 2 aromatic carbocycles. The van der Waals surface area contributed by atoms with Crippen LogP contribution in [0.4, 0.5) is 11.4 Å². The van der Waals surface area contributed by atoms with Gasteiger partial charge in [-0.25, -0.2) is 0 Å². The number of anilines is 2. The normalized spacial score (nSPS) is 10.6. The number of benzene rings is 2. The molecule has 2 amide bonds. The summed E-state index contributed by atoms with van der Waals surface area (Å²) in [4.78, 5) is 27.8. The van der Waals surface area contributed by atoms with E-state index >= 15 is 0 Å². The van der Waals surface area contributed by atoms with Crippen molar-refractivity contribution in [3.63, 3.8) is 0 Å². The molecule has 0 fully saturated rings. The van der Waals surface area contributed by atoms with E-state index in [4.69, 9.17) is 4.74 Å². The highest BCUT2D eigenvalue weighted by molar-refractivity contribution is 7.09. The Morgan fingerprint density at radius 2 is 1.62 bits per heavy atom. The molecule has 6 nitrogen and oxygen atoms in total. The number of thiophene rings is 1. The van der Waals surface area contributed by atoms with Crippen LogP contribution in [0.1, 0.15) is 15.2 Å². The first-order chi connectivity index (χ1) is 14.0. The first kappa shape index (κ1) is 20.6. The van der Waals surface area contributed by atoms with Gasteiger partial charge in [0.15, 0.2) is 0 Å². The molecule has 0 unspecified atom stereocenters. The van der Waals surface area contributed by atoms with E-state index in [9.17, 15) is 9.59 Å². The van der Waals surface area contributed by atoms with Crippen molar-refractivity contribution in [2.75, 3.05) is 31.3 Å². The molecule has 0 saturated carbocycles. The van der Waals surface area contributed by atoms with Gasteiger partial charge in [-0.2, -0.15) is 0 Å². The van der Waals surface area contributed by atoms with Crippen molar-refractivity contribution in [2.45, 2.75) is 6.54 Å². The molecule has 1 heterocycles. The van der Waals surface area contributed by atoms with Crippen molar-refractivity contribution in [3.05, 3.63) is 76.5 Å². The summed E-state index contributed by atoms with van der Waals surface area (Å²) in [6.07, 6.45) is 0. The van der Waals surface area contributed by atoms with Gasteiger partial charge in [-0.15, -0.1) is 11.3 Å². The van der Waals surface area contributed by atoms with E-state index in [0.29, 0.717) is 16.9 Å². The summed E-state index contributed by atoms with van der Waals surface area (Å²) in [7, 11) is 3.50. The van der Waals surface area contributed by atoms with E-state index in [1.807, 2.05) is 23.4 Å². The minimum atomic E-state index is -0.219. The monoisotopic (exact) mass is 409 g/mol. The van der Waals surface area contributed by atoms with Crippen molar-refractivity contribution < 1.29 is 14.3 Å². The second kappa shape index (κ2) is 9.86. The Kier molecular flexibility index (Phi) is 6.99. The maximum atomic E-state index is 12.4. The van der Waals surface area contributed by atoms with Crippen molar-refractivity contribution in [2.24, 2.45) is 0 Å². The zero-order valence-electron chi connectivity index (χ0n) is 16.3. The number of hydrogen-bond donors (Lipinski definition) is 2. The molecule has 1 aromatic heterocycles. The van der Waals surface area contributed by atoms with Gasteiger partial charge in [0.25, 0.3) is 5.91 Å².